The van der Waals surface area contributed by atoms with Crippen molar-refractivity contribution in [3.8, 4) is 11.1 Å². The maximum absolute atomic E-state index is 13.2. The van der Waals surface area contributed by atoms with E-state index in [2.05, 4.69) is 15.4 Å². The summed E-state index contributed by atoms with van der Waals surface area (Å²) >= 11 is 2.84. The van der Waals surface area contributed by atoms with Crippen molar-refractivity contribution in [2.24, 2.45) is 0 Å². The number of thiophene rings is 2. The van der Waals surface area contributed by atoms with Crippen LogP contribution in [0, 0.1) is 6.92 Å². The van der Waals surface area contributed by atoms with Gasteiger partial charge in [0.2, 0.25) is 5.91 Å². The zero-order valence-electron chi connectivity index (χ0n) is 16.9. The summed E-state index contributed by atoms with van der Waals surface area (Å²) in [7, 11) is 0. The highest BCUT2D eigenvalue weighted by Gasteiger charge is 2.17. The molecule has 4 aromatic heterocycles. The summed E-state index contributed by atoms with van der Waals surface area (Å²) in [6.07, 6.45) is 2.77. The number of nitrogens with zero attached hydrogens (tertiary/aromatic N) is 4. The van der Waals surface area contributed by atoms with Gasteiger partial charge in [-0.15, -0.1) is 22.7 Å². The molecule has 4 heterocycles. The first kappa shape index (κ1) is 20.3. The Kier molecular flexibility index (Phi) is 5.16. The number of carbonyl (C=O) groups is 1. The zero-order chi connectivity index (χ0) is 22.2. The molecule has 0 atom stereocenters. The molecule has 0 spiro atoms. The van der Waals surface area contributed by atoms with Crippen LogP contribution in [0.4, 0.5) is 0 Å². The highest BCUT2D eigenvalue weighted by molar-refractivity contribution is 7.19. The molecule has 0 saturated heterocycles. The molecule has 0 radical (unpaired) electrons. The molecule has 1 N–H and O–H groups in total. The van der Waals surface area contributed by atoms with Crippen LogP contribution in [0.25, 0.3) is 31.6 Å². The number of nitrogens with one attached hydrogen (secondary N) is 1. The minimum Gasteiger partial charge on any atom is -0.298 e. The second kappa shape index (κ2) is 8.13. The fourth-order valence-corrected chi connectivity index (χ4v) is 5.33. The molecule has 0 aliphatic heterocycles. The van der Waals surface area contributed by atoms with Crippen LogP contribution in [0.1, 0.15) is 11.3 Å². The lowest BCUT2D eigenvalue weighted by molar-refractivity contribution is -0.117. The van der Waals surface area contributed by atoms with Gasteiger partial charge in [0, 0.05) is 23.4 Å². The van der Waals surface area contributed by atoms with E-state index < -0.39 is 5.91 Å². The van der Waals surface area contributed by atoms with Gasteiger partial charge in [-0.1, -0.05) is 30.3 Å². The predicted molar refractivity (Wildman–Crippen MR) is 127 cm³/mol. The summed E-state index contributed by atoms with van der Waals surface area (Å²) < 4.78 is 2.50. The molecule has 5 aromatic rings. The first-order valence-electron chi connectivity index (χ1n) is 9.81. The van der Waals surface area contributed by atoms with Crippen LogP contribution in [0.2, 0.25) is 0 Å². The van der Waals surface area contributed by atoms with Gasteiger partial charge in [-0.3, -0.25) is 24.4 Å². The highest BCUT2D eigenvalue weighted by atomic mass is 32.1. The smallest absolute Gasteiger partial charge is 0.281 e. The third-order valence-electron chi connectivity index (χ3n) is 5.13. The van der Waals surface area contributed by atoms with E-state index >= 15 is 0 Å². The number of benzene rings is 1. The van der Waals surface area contributed by atoms with Crippen LogP contribution in [0.3, 0.4) is 0 Å². The molecule has 0 aliphatic carbocycles. The highest BCUT2D eigenvalue weighted by Crippen LogP contribution is 2.35. The topological polar surface area (TPSA) is 98.9 Å². The lowest BCUT2D eigenvalue weighted by Gasteiger charge is -2.09. The van der Waals surface area contributed by atoms with E-state index in [1.54, 1.807) is 6.07 Å². The second-order valence-corrected chi connectivity index (χ2v) is 9.26. The van der Waals surface area contributed by atoms with E-state index in [4.69, 9.17) is 0 Å². The maximum Gasteiger partial charge on any atom is 0.281 e. The Morgan fingerprint density at radius 2 is 1.81 bits per heavy atom. The summed E-state index contributed by atoms with van der Waals surface area (Å²) in [5, 5.41) is 2.82. The molecule has 1 aromatic carbocycles. The first-order valence-corrected chi connectivity index (χ1v) is 11.5. The monoisotopic (exact) mass is 463 g/mol. The number of aromatic nitrogens is 4. The van der Waals surface area contributed by atoms with Crippen LogP contribution >= 0.6 is 22.7 Å². The van der Waals surface area contributed by atoms with Gasteiger partial charge in [-0.25, -0.2) is 14.6 Å². The Bertz CT molecular complexity index is 1580. The maximum atomic E-state index is 13.2. The summed E-state index contributed by atoms with van der Waals surface area (Å²) in [4.78, 5) is 49.0. The summed E-state index contributed by atoms with van der Waals surface area (Å²) in [6.45, 7) is 2.10. The lowest BCUT2D eigenvalue weighted by atomic mass is 10.0. The van der Waals surface area contributed by atoms with Gasteiger partial charge in [0.1, 0.15) is 16.0 Å². The van der Waals surface area contributed by atoms with Crippen molar-refractivity contribution >= 4 is 49.0 Å². The largest absolute Gasteiger partial charge is 0.298 e. The summed E-state index contributed by atoms with van der Waals surface area (Å²) in [5.41, 5.74) is 3.81. The summed E-state index contributed by atoms with van der Waals surface area (Å²) in [5.74, 6) is -0.404. The lowest BCUT2D eigenvalue weighted by Crippen LogP contribution is -2.34. The van der Waals surface area contributed by atoms with Gasteiger partial charge in [-0.2, -0.15) is 0 Å². The molecule has 0 saturated carbocycles. The third kappa shape index (κ3) is 3.53. The molecule has 0 unspecified atom stereocenters. The van der Waals surface area contributed by atoms with Crippen molar-refractivity contribution in [2.75, 3.05) is 5.43 Å². The fraction of sp³-hybridized carbons (Fsp3) is 0.136. The Balaban J connectivity index is 1.41. The van der Waals surface area contributed by atoms with Gasteiger partial charge in [-0.05, 0) is 23.9 Å². The minimum absolute atomic E-state index is 0.00984. The molecular weight excluding hydrogens is 446 g/mol. The van der Waals surface area contributed by atoms with E-state index in [1.165, 1.54) is 39.9 Å². The second-order valence-electron chi connectivity index (χ2n) is 7.17. The van der Waals surface area contributed by atoms with Gasteiger partial charge in [0.05, 0.1) is 17.1 Å². The van der Waals surface area contributed by atoms with Crippen LogP contribution in [0.5, 0.6) is 0 Å². The number of rotatable bonds is 5. The minimum atomic E-state index is -0.404. The van der Waals surface area contributed by atoms with E-state index in [1.807, 2.05) is 42.6 Å². The fourth-order valence-electron chi connectivity index (χ4n) is 3.60. The zero-order valence-corrected chi connectivity index (χ0v) is 18.6. The van der Waals surface area contributed by atoms with Crippen LogP contribution in [0.15, 0.2) is 64.0 Å². The van der Waals surface area contributed by atoms with E-state index in [0.29, 0.717) is 20.4 Å². The number of hydrogen-bond acceptors (Lipinski definition) is 7. The number of fused-ring (bicyclic) bond motifs is 2. The number of amides is 1. The van der Waals surface area contributed by atoms with Crippen molar-refractivity contribution in [2.45, 2.75) is 19.9 Å². The SMILES string of the molecule is Cc1sc2ncn(NC(=O)CCn3cnc4sccc4c3=O)c(=O)c2c1-c1ccccc1. The molecular formula is C22H17N5O3S2. The van der Waals surface area contributed by atoms with Crippen molar-refractivity contribution in [3.63, 3.8) is 0 Å². The van der Waals surface area contributed by atoms with Gasteiger partial charge < -0.3 is 0 Å². The molecule has 8 nitrogen and oxygen atoms in total. The van der Waals surface area contributed by atoms with E-state index in [0.717, 1.165) is 20.7 Å². The van der Waals surface area contributed by atoms with Crippen LogP contribution in [-0.2, 0) is 11.3 Å². The van der Waals surface area contributed by atoms with Crippen molar-refractivity contribution in [3.05, 3.63) is 80.0 Å². The van der Waals surface area contributed by atoms with E-state index in [-0.39, 0.29) is 24.1 Å². The molecule has 1 amide bonds. The summed E-state index contributed by atoms with van der Waals surface area (Å²) in [6, 6.07) is 11.4. The first-order chi connectivity index (χ1) is 15.5. The van der Waals surface area contributed by atoms with Crippen molar-refractivity contribution in [1.82, 2.24) is 19.2 Å². The van der Waals surface area contributed by atoms with Gasteiger partial charge >= 0.3 is 0 Å². The van der Waals surface area contributed by atoms with E-state index in [9.17, 15) is 14.4 Å². The standard InChI is InChI=1S/C22H17N5O3S2/c1-13-17(14-5-3-2-4-6-14)18-20(32-13)24-12-27(22(18)30)25-16(28)7-9-26-11-23-19-15(21(26)29)8-10-31-19/h2-6,8,10-12H,7,9H2,1H3,(H,25,28). The average Bonchev–Trinajstić information content (AvgIpc) is 3.40. The number of carbonyl (C=O) groups excluding carboxylic acids is 1. The Morgan fingerprint density at radius 3 is 2.62 bits per heavy atom. The van der Waals surface area contributed by atoms with Crippen LogP contribution < -0.4 is 16.5 Å². The predicted octanol–water partition coefficient (Wildman–Crippen LogP) is 3.37. The molecule has 32 heavy (non-hydrogen) atoms. The molecule has 160 valence electrons. The number of hydrogen-bond donors (Lipinski definition) is 1. The third-order valence-corrected chi connectivity index (χ3v) is 6.96. The normalized spacial score (nSPS) is 11.3. The Labute approximate surface area is 189 Å². The Morgan fingerprint density at radius 1 is 1.03 bits per heavy atom. The molecule has 0 bridgehead atoms. The quantitative estimate of drug-likeness (QED) is 0.431. The molecule has 0 aliphatic rings. The van der Waals surface area contributed by atoms with Gasteiger partial charge in [0.15, 0.2) is 0 Å². The van der Waals surface area contributed by atoms with Crippen molar-refractivity contribution in [1.29, 1.82) is 0 Å². The van der Waals surface area contributed by atoms with Crippen LogP contribution in [-0.4, -0.2) is 25.1 Å². The van der Waals surface area contributed by atoms with Crippen molar-refractivity contribution < 1.29 is 4.79 Å². The Hall–Kier alpha value is -3.63. The molecule has 10 heteroatoms. The molecule has 0 fully saturated rings. The number of aryl methyl sites for hydroxylation is 2. The average molecular weight is 464 g/mol. The molecule has 5 rings (SSSR count). The van der Waals surface area contributed by atoms with Gasteiger partial charge in [0.25, 0.3) is 11.1 Å².